The van der Waals surface area contributed by atoms with Gasteiger partial charge in [-0.3, -0.25) is 10.1 Å². The minimum Gasteiger partial charge on any atom is -0.378 e. The van der Waals surface area contributed by atoms with E-state index in [9.17, 15) is 10.1 Å². The van der Waals surface area contributed by atoms with Crippen LogP contribution in [0.5, 0.6) is 0 Å². The van der Waals surface area contributed by atoms with Gasteiger partial charge in [0.05, 0.1) is 29.4 Å². The zero-order valence-electron chi connectivity index (χ0n) is 17.1. The van der Waals surface area contributed by atoms with Crippen LogP contribution in [0.3, 0.4) is 0 Å². The van der Waals surface area contributed by atoms with Gasteiger partial charge in [-0.15, -0.1) is 0 Å². The molecule has 1 aromatic heterocycles. The van der Waals surface area contributed by atoms with Crippen LogP contribution >= 0.6 is 23.2 Å². The largest absolute Gasteiger partial charge is 0.378 e. The average Bonchev–Trinajstić information content (AvgIpc) is 2.82. The van der Waals surface area contributed by atoms with E-state index in [4.69, 9.17) is 27.9 Å². The van der Waals surface area contributed by atoms with E-state index in [1.54, 1.807) is 0 Å². The summed E-state index contributed by atoms with van der Waals surface area (Å²) in [5.74, 6) is 0.941. The van der Waals surface area contributed by atoms with Crippen molar-refractivity contribution in [3.05, 3.63) is 68.2 Å². The van der Waals surface area contributed by atoms with Crippen molar-refractivity contribution in [3.8, 4) is 0 Å². The molecule has 0 bridgehead atoms. The highest BCUT2D eigenvalue weighted by molar-refractivity contribution is 6.40. The first-order chi connectivity index (χ1) is 16.0. The number of aromatic nitrogens is 3. The average molecular weight is 489 g/mol. The highest BCUT2D eigenvalue weighted by atomic mass is 35.5. The molecular weight excluding hydrogens is 471 g/mol. The van der Waals surface area contributed by atoms with E-state index in [1.807, 2.05) is 35.2 Å². The van der Waals surface area contributed by atoms with Gasteiger partial charge in [-0.1, -0.05) is 41.4 Å². The first kappa shape index (κ1) is 22.6. The van der Waals surface area contributed by atoms with E-state index < -0.39 is 4.92 Å². The molecule has 4 rings (SSSR count). The number of hydrogen-bond acceptors (Lipinski definition) is 10. The Morgan fingerprint density at radius 1 is 1.06 bits per heavy atom. The lowest BCUT2D eigenvalue weighted by molar-refractivity contribution is -0.384. The van der Waals surface area contributed by atoms with Gasteiger partial charge in [-0.25, -0.2) is 5.43 Å². The van der Waals surface area contributed by atoms with Crippen LogP contribution in [-0.2, 0) is 4.74 Å². The Hall–Kier alpha value is -3.54. The maximum atomic E-state index is 11.1. The zero-order valence-corrected chi connectivity index (χ0v) is 18.6. The molecule has 11 nitrogen and oxygen atoms in total. The van der Waals surface area contributed by atoms with Gasteiger partial charge in [0.15, 0.2) is 0 Å². The van der Waals surface area contributed by atoms with Gasteiger partial charge in [0.1, 0.15) is 5.02 Å². The summed E-state index contributed by atoms with van der Waals surface area (Å²) in [5, 5.41) is 18.4. The second-order valence-electron chi connectivity index (χ2n) is 6.79. The number of hydrogen-bond donors (Lipinski definition) is 2. The summed E-state index contributed by atoms with van der Waals surface area (Å²) in [7, 11) is 0. The van der Waals surface area contributed by atoms with E-state index in [0.717, 1.165) is 5.69 Å². The molecule has 2 heterocycles. The highest BCUT2D eigenvalue weighted by Gasteiger charge is 2.18. The van der Waals surface area contributed by atoms with Gasteiger partial charge >= 0.3 is 0 Å². The van der Waals surface area contributed by atoms with E-state index in [-0.39, 0.29) is 27.2 Å². The van der Waals surface area contributed by atoms with Crippen molar-refractivity contribution in [2.24, 2.45) is 5.10 Å². The molecule has 33 heavy (non-hydrogen) atoms. The van der Waals surface area contributed by atoms with Crippen LogP contribution < -0.4 is 15.6 Å². The van der Waals surface area contributed by atoms with Crippen LogP contribution in [0.15, 0.2) is 47.6 Å². The standard InChI is InChI=1S/C20H18Cl2N8O3/c21-15-6-7-16(30(31)32)17(22)14(15)12-23-28-19-25-18(24-13-4-2-1-3-5-13)26-20(27-19)29-8-10-33-11-9-29/h1-7,12H,8-11H2,(H2,24,25,26,27,28)/b23-12-. The lowest BCUT2D eigenvalue weighted by Crippen LogP contribution is -2.37. The van der Waals surface area contributed by atoms with Crippen molar-refractivity contribution >= 4 is 58.6 Å². The summed E-state index contributed by atoms with van der Waals surface area (Å²) in [5.41, 5.74) is 3.46. The lowest BCUT2D eigenvalue weighted by atomic mass is 10.2. The molecule has 1 saturated heterocycles. The van der Waals surface area contributed by atoms with Crippen molar-refractivity contribution in [1.29, 1.82) is 0 Å². The van der Waals surface area contributed by atoms with Gasteiger partial charge in [0.2, 0.25) is 17.8 Å². The molecule has 0 radical (unpaired) electrons. The third-order valence-electron chi connectivity index (χ3n) is 4.61. The van der Waals surface area contributed by atoms with Crippen molar-refractivity contribution < 1.29 is 9.66 Å². The minimum absolute atomic E-state index is 0.117. The Kier molecular flexibility index (Phi) is 7.13. The first-order valence-corrected chi connectivity index (χ1v) is 10.6. The van der Waals surface area contributed by atoms with Crippen LogP contribution in [0.4, 0.5) is 29.2 Å². The number of benzene rings is 2. The number of halogens is 2. The molecule has 0 unspecified atom stereocenters. The number of morpholine rings is 1. The van der Waals surface area contributed by atoms with E-state index in [0.29, 0.717) is 38.2 Å². The summed E-state index contributed by atoms with van der Waals surface area (Å²) in [6.07, 6.45) is 1.28. The Morgan fingerprint density at radius 2 is 1.79 bits per heavy atom. The number of nitro benzene ring substituents is 1. The molecule has 2 aromatic carbocycles. The van der Waals surface area contributed by atoms with Crippen molar-refractivity contribution in [3.63, 3.8) is 0 Å². The highest BCUT2D eigenvalue weighted by Crippen LogP contribution is 2.32. The normalized spacial score (nSPS) is 13.8. The van der Waals surface area contributed by atoms with E-state index in [2.05, 4.69) is 30.8 Å². The molecule has 0 amide bonds. The fraction of sp³-hybridized carbons (Fsp3) is 0.200. The van der Waals surface area contributed by atoms with E-state index >= 15 is 0 Å². The molecule has 13 heteroatoms. The molecule has 1 aliphatic heterocycles. The predicted octanol–water partition coefficient (Wildman–Crippen LogP) is 4.11. The third-order valence-corrected chi connectivity index (χ3v) is 5.34. The number of nitrogens with one attached hydrogen (secondary N) is 2. The van der Waals surface area contributed by atoms with Crippen LogP contribution in [0, 0.1) is 10.1 Å². The van der Waals surface area contributed by atoms with Crippen LogP contribution in [0.25, 0.3) is 0 Å². The minimum atomic E-state index is -0.592. The van der Waals surface area contributed by atoms with E-state index in [1.165, 1.54) is 18.3 Å². The smallest absolute Gasteiger partial charge is 0.288 e. The Balaban J connectivity index is 1.60. The summed E-state index contributed by atoms with van der Waals surface area (Å²) >= 11 is 12.3. The topological polar surface area (TPSA) is 131 Å². The van der Waals surface area contributed by atoms with Crippen molar-refractivity contribution in [2.45, 2.75) is 0 Å². The Morgan fingerprint density at radius 3 is 2.52 bits per heavy atom. The quantitative estimate of drug-likeness (QED) is 0.286. The number of nitro groups is 1. The third kappa shape index (κ3) is 5.64. The number of nitrogens with zero attached hydrogens (tertiary/aromatic N) is 6. The Labute approximate surface area is 198 Å². The number of rotatable bonds is 7. The molecule has 170 valence electrons. The molecule has 0 aliphatic carbocycles. The second kappa shape index (κ2) is 10.4. The molecule has 1 aliphatic rings. The fourth-order valence-corrected chi connectivity index (χ4v) is 3.54. The maximum absolute atomic E-state index is 11.1. The summed E-state index contributed by atoms with van der Waals surface area (Å²) in [6.45, 7) is 2.41. The monoisotopic (exact) mass is 488 g/mol. The van der Waals surface area contributed by atoms with Gasteiger partial charge < -0.3 is 15.0 Å². The maximum Gasteiger partial charge on any atom is 0.288 e. The molecule has 0 atom stereocenters. The Bertz CT molecular complexity index is 1170. The SMILES string of the molecule is O=[N+]([O-])c1ccc(Cl)c(/C=N\Nc2nc(Nc3ccccc3)nc(N3CCOCC3)n2)c1Cl. The number of anilines is 4. The lowest BCUT2D eigenvalue weighted by Gasteiger charge is -2.27. The summed E-state index contributed by atoms with van der Waals surface area (Å²) in [4.78, 5) is 25.8. The molecule has 2 N–H and O–H groups in total. The molecule has 1 fully saturated rings. The summed E-state index contributed by atoms with van der Waals surface area (Å²) < 4.78 is 5.40. The van der Waals surface area contributed by atoms with Gasteiger partial charge in [-0.2, -0.15) is 20.1 Å². The number of hydrazone groups is 1. The zero-order chi connectivity index (χ0) is 23.2. The first-order valence-electron chi connectivity index (χ1n) is 9.83. The molecule has 3 aromatic rings. The van der Waals surface area contributed by atoms with Gasteiger partial charge in [0.25, 0.3) is 5.69 Å². The molecule has 0 saturated carbocycles. The van der Waals surface area contributed by atoms with Gasteiger partial charge in [0, 0.05) is 30.4 Å². The number of ether oxygens (including phenoxy) is 1. The fourth-order valence-electron chi connectivity index (χ4n) is 3.00. The predicted molar refractivity (Wildman–Crippen MR) is 127 cm³/mol. The van der Waals surface area contributed by atoms with Crippen LogP contribution in [-0.4, -0.2) is 52.4 Å². The van der Waals surface area contributed by atoms with Crippen LogP contribution in [0.2, 0.25) is 10.0 Å². The molecule has 0 spiro atoms. The van der Waals surface area contributed by atoms with Crippen molar-refractivity contribution in [2.75, 3.05) is 41.9 Å². The van der Waals surface area contributed by atoms with Crippen molar-refractivity contribution in [1.82, 2.24) is 15.0 Å². The van der Waals surface area contributed by atoms with Gasteiger partial charge in [-0.05, 0) is 18.2 Å². The second-order valence-corrected chi connectivity index (χ2v) is 7.58. The number of para-hydroxylation sites is 1. The molecular formula is C20H18Cl2N8O3. The van der Waals surface area contributed by atoms with Crippen LogP contribution in [0.1, 0.15) is 5.56 Å². The summed E-state index contributed by atoms with van der Waals surface area (Å²) in [6, 6.07) is 12.1.